The average Bonchev–Trinajstić information content (AvgIpc) is 3.57. The number of nitrogens with one attached hydrogen (secondary N) is 1. The zero-order valence-corrected chi connectivity index (χ0v) is 26.7. The number of phenols is 1. The molecule has 248 valence electrons. The predicted molar refractivity (Wildman–Crippen MR) is 174 cm³/mol. The number of imide groups is 1. The number of hydrogen-bond acceptors (Lipinski definition) is 10. The van der Waals surface area contributed by atoms with Gasteiger partial charge in [-0.2, -0.15) is 0 Å². The van der Waals surface area contributed by atoms with E-state index in [2.05, 4.69) is 27.9 Å². The second-order valence-electron chi connectivity index (χ2n) is 11.6. The Morgan fingerprint density at radius 3 is 2.51 bits per heavy atom. The number of aromatic hydroxyl groups is 1. The van der Waals surface area contributed by atoms with Crippen molar-refractivity contribution in [1.29, 1.82) is 0 Å². The Labute approximate surface area is 272 Å². The number of nitrogens with two attached hydrogens (primary N) is 1. The van der Waals surface area contributed by atoms with Crippen molar-refractivity contribution in [3.05, 3.63) is 58.9 Å². The van der Waals surface area contributed by atoms with Gasteiger partial charge in [0.05, 0.1) is 30.7 Å². The number of unbranched alkanes of at least 4 members (excludes halogenated alkanes) is 1. The fourth-order valence-corrected chi connectivity index (χ4v) is 5.52. The molecule has 5 rings (SSSR count). The van der Waals surface area contributed by atoms with Crippen LogP contribution in [-0.2, 0) is 48.1 Å². The molecule has 1 saturated heterocycles. The molecule has 4 aromatic rings. The summed E-state index contributed by atoms with van der Waals surface area (Å²) in [6, 6.07) is 11.7. The number of pyridine rings is 1. The molecule has 3 heterocycles. The molecule has 0 saturated carbocycles. The maximum absolute atomic E-state index is 12.1. The summed E-state index contributed by atoms with van der Waals surface area (Å²) >= 11 is 0. The van der Waals surface area contributed by atoms with Crippen LogP contribution < -0.4 is 11.1 Å². The monoisotopic (exact) mass is 644 g/mol. The van der Waals surface area contributed by atoms with Crippen molar-refractivity contribution < 1.29 is 33.9 Å². The molecular formula is C34H40N6O7. The van der Waals surface area contributed by atoms with E-state index >= 15 is 0 Å². The Hall–Kier alpha value is -5.04. The lowest BCUT2D eigenvalue weighted by molar-refractivity contribution is -0.197. The minimum Gasteiger partial charge on any atom is -0.508 e. The second-order valence-corrected chi connectivity index (χ2v) is 11.6. The predicted octanol–water partition coefficient (Wildman–Crippen LogP) is 3.63. The molecule has 3 amide bonds. The van der Waals surface area contributed by atoms with Gasteiger partial charge in [-0.05, 0) is 54.7 Å². The van der Waals surface area contributed by atoms with Gasteiger partial charge < -0.3 is 30.3 Å². The number of carbonyl (C=O) groups is 4. The first-order chi connectivity index (χ1) is 22.6. The molecule has 0 atom stereocenters. The van der Waals surface area contributed by atoms with E-state index in [4.69, 9.17) is 20.3 Å². The molecule has 0 bridgehead atoms. The lowest BCUT2D eigenvalue weighted by Gasteiger charge is -2.13. The van der Waals surface area contributed by atoms with Crippen molar-refractivity contribution in [1.82, 2.24) is 24.9 Å². The molecule has 2 aromatic heterocycles. The van der Waals surface area contributed by atoms with Crippen LogP contribution in [0.15, 0.2) is 36.4 Å². The minimum atomic E-state index is -0.818. The third kappa shape index (κ3) is 8.04. The van der Waals surface area contributed by atoms with Gasteiger partial charge in [-0.1, -0.05) is 31.5 Å². The average molecular weight is 645 g/mol. The highest BCUT2D eigenvalue weighted by Crippen LogP contribution is 2.31. The Balaban J connectivity index is 1.18. The number of rotatable bonds is 15. The summed E-state index contributed by atoms with van der Waals surface area (Å²) in [5.41, 5.74) is 11.7. The van der Waals surface area contributed by atoms with E-state index in [0.29, 0.717) is 36.0 Å². The number of carbonyl (C=O) groups excluding carboxylic acids is 4. The van der Waals surface area contributed by atoms with Crippen LogP contribution in [0.5, 0.6) is 5.75 Å². The summed E-state index contributed by atoms with van der Waals surface area (Å²) in [7, 11) is 0. The molecule has 4 N–H and O–H groups in total. The van der Waals surface area contributed by atoms with Crippen molar-refractivity contribution in [2.75, 3.05) is 25.5 Å². The van der Waals surface area contributed by atoms with Crippen LogP contribution in [0.1, 0.15) is 68.0 Å². The van der Waals surface area contributed by atoms with Crippen molar-refractivity contribution >= 4 is 51.4 Å². The Morgan fingerprint density at radius 1 is 1.00 bits per heavy atom. The Morgan fingerprint density at radius 2 is 1.77 bits per heavy atom. The number of imidazole rings is 1. The second kappa shape index (κ2) is 15.0. The smallest absolute Gasteiger partial charge is 0.333 e. The van der Waals surface area contributed by atoms with Gasteiger partial charge in [0.15, 0.2) is 5.82 Å². The third-order valence-corrected chi connectivity index (χ3v) is 8.06. The topological polar surface area (TPSA) is 179 Å². The van der Waals surface area contributed by atoms with Crippen LogP contribution in [0.25, 0.3) is 21.9 Å². The van der Waals surface area contributed by atoms with E-state index in [-0.39, 0.29) is 50.5 Å². The van der Waals surface area contributed by atoms with Crippen molar-refractivity contribution in [2.45, 2.75) is 71.8 Å². The molecule has 13 heteroatoms. The van der Waals surface area contributed by atoms with E-state index in [9.17, 15) is 24.3 Å². The number of benzene rings is 2. The van der Waals surface area contributed by atoms with E-state index in [1.54, 1.807) is 6.07 Å². The lowest BCUT2D eigenvalue weighted by atomic mass is 10.1. The summed E-state index contributed by atoms with van der Waals surface area (Å²) in [6.07, 6.45) is 3.08. The summed E-state index contributed by atoms with van der Waals surface area (Å²) in [5.74, 6) is -0.721. The van der Waals surface area contributed by atoms with Gasteiger partial charge in [-0.15, -0.1) is 5.06 Å². The van der Waals surface area contributed by atoms with Crippen LogP contribution in [0.4, 0.5) is 5.82 Å². The van der Waals surface area contributed by atoms with E-state index in [0.717, 1.165) is 58.2 Å². The number of anilines is 1. The molecule has 1 fully saturated rings. The standard InChI is InChI=1S/C34H40N6O7/c1-3-4-5-27-38-32-33(39(27)20-23-7-9-26(41)21(2)18-23)24-19-22(6-8-25(24)37-34(32)35)14-16-46-17-15-36-28(42)10-13-31(45)47-40-29(43)11-12-30(40)44/h6-9,18-19,41H,3-5,10-17,20H2,1-2H3,(H2,35,37)(H,36,42). The fraction of sp³-hybridized carbons (Fsp3) is 0.412. The zero-order valence-electron chi connectivity index (χ0n) is 26.7. The highest BCUT2D eigenvalue weighted by Gasteiger charge is 2.32. The molecule has 2 aromatic carbocycles. The van der Waals surface area contributed by atoms with Gasteiger partial charge >= 0.3 is 5.97 Å². The minimum absolute atomic E-state index is 0.0110. The highest BCUT2D eigenvalue weighted by molar-refractivity contribution is 6.07. The van der Waals surface area contributed by atoms with Crippen LogP contribution >= 0.6 is 0 Å². The molecule has 13 nitrogen and oxygen atoms in total. The fourth-order valence-electron chi connectivity index (χ4n) is 5.52. The van der Waals surface area contributed by atoms with Crippen LogP contribution in [0.3, 0.4) is 0 Å². The van der Waals surface area contributed by atoms with Crippen molar-refractivity contribution in [3.8, 4) is 5.75 Å². The number of amides is 3. The lowest BCUT2D eigenvalue weighted by Crippen LogP contribution is -2.33. The Kier molecular flexibility index (Phi) is 10.7. The molecule has 0 radical (unpaired) electrons. The number of nitrogens with zero attached hydrogens (tertiary/aromatic N) is 4. The summed E-state index contributed by atoms with van der Waals surface area (Å²) in [6.45, 7) is 5.57. The van der Waals surface area contributed by atoms with Gasteiger partial charge in [-0.25, -0.2) is 14.8 Å². The number of phenolic OH excluding ortho intramolecular Hbond substituents is 1. The van der Waals surface area contributed by atoms with Gasteiger partial charge in [0.2, 0.25) is 5.91 Å². The van der Waals surface area contributed by atoms with Crippen LogP contribution in [-0.4, -0.2) is 68.2 Å². The number of hydrogen-bond donors (Lipinski definition) is 3. The van der Waals surface area contributed by atoms with Gasteiger partial charge in [0, 0.05) is 44.2 Å². The summed E-state index contributed by atoms with van der Waals surface area (Å²) in [4.78, 5) is 61.4. The normalized spacial score (nSPS) is 13.2. The number of aromatic nitrogens is 3. The SMILES string of the molecule is CCCCc1nc2c(N)nc3ccc(CCOCCNC(=O)CCC(=O)ON4C(=O)CCC4=O)cc3c2n1Cc1ccc(O)c(C)c1. The van der Waals surface area contributed by atoms with Crippen LogP contribution in [0.2, 0.25) is 0 Å². The maximum Gasteiger partial charge on any atom is 0.333 e. The van der Waals surface area contributed by atoms with E-state index < -0.39 is 17.8 Å². The number of aryl methyl sites for hydroxylation is 2. The molecule has 0 spiro atoms. The first kappa shape index (κ1) is 33.3. The first-order valence-electron chi connectivity index (χ1n) is 15.9. The van der Waals surface area contributed by atoms with Gasteiger partial charge in [0.1, 0.15) is 17.1 Å². The summed E-state index contributed by atoms with van der Waals surface area (Å²) in [5, 5.41) is 14.1. The quantitative estimate of drug-likeness (QED) is 0.128. The van der Waals surface area contributed by atoms with Crippen molar-refractivity contribution in [3.63, 3.8) is 0 Å². The number of nitrogen functional groups attached to an aromatic ring is 1. The number of hydroxylamine groups is 2. The number of fused-ring (bicyclic) bond motifs is 3. The zero-order chi connectivity index (χ0) is 33.5. The molecular weight excluding hydrogens is 604 g/mol. The van der Waals surface area contributed by atoms with Crippen molar-refractivity contribution in [2.24, 2.45) is 0 Å². The molecule has 0 unspecified atom stereocenters. The Bertz CT molecular complexity index is 1800. The molecule has 1 aliphatic heterocycles. The van der Waals surface area contributed by atoms with E-state index in [1.807, 2.05) is 31.2 Å². The largest absolute Gasteiger partial charge is 0.508 e. The number of ether oxygens (including phenoxy) is 1. The highest BCUT2D eigenvalue weighted by atomic mass is 16.7. The first-order valence-corrected chi connectivity index (χ1v) is 15.9. The maximum atomic E-state index is 12.1. The summed E-state index contributed by atoms with van der Waals surface area (Å²) < 4.78 is 7.97. The van der Waals surface area contributed by atoms with E-state index in [1.165, 1.54) is 0 Å². The third-order valence-electron chi connectivity index (χ3n) is 8.06. The van der Waals surface area contributed by atoms with Crippen LogP contribution in [0, 0.1) is 6.92 Å². The van der Waals surface area contributed by atoms with Gasteiger partial charge in [-0.3, -0.25) is 14.4 Å². The van der Waals surface area contributed by atoms with Gasteiger partial charge in [0.25, 0.3) is 11.8 Å². The molecule has 1 aliphatic rings. The molecule has 0 aliphatic carbocycles. The molecule has 47 heavy (non-hydrogen) atoms.